The minimum Gasteiger partial charge on any atom is -0.462 e. The molecule has 0 N–H and O–H groups in total. The van der Waals surface area contributed by atoms with Crippen molar-refractivity contribution in [3.05, 3.63) is 64.3 Å². The van der Waals surface area contributed by atoms with Crippen molar-refractivity contribution in [2.45, 2.75) is 20.5 Å². The summed E-state index contributed by atoms with van der Waals surface area (Å²) < 4.78 is 5.23. The monoisotopic (exact) mass is 396 g/mol. The second-order valence-corrected chi connectivity index (χ2v) is 6.60. The molecule has 0 radical (unpaired) electrons. The number of aryl methyl sites for hydroxylation is 1. The van der Waals surface area contributed by atoms with E-state index >= 15 is 0 Å². The topological polar surface area (TPSA) is 79.1 Å². The van der Waals surface area contributed by atoms with Gasteiger partial charge >= 0.3 is 5.97 Å². The number of benzene rings is 2. The molecule has 0 aliphatic heterocycles. The molecule has 2 heterocycles. The summed E-state index contributed by atoms with van der Waals surface area (Å²) in [4.78, 5) is 24.3. The Morgan fingerprint density at radius 1 is 1.18 bits per heavy atom. The van der Waals surface area contributed by atoms with E-state index in [9.17, 15) is 4.79 Å². The second kappa shape index (κ2) is 7.44. The number of nitrogens with zero attached hydrogens (tertiary/aromatic N) is 4. The molecule has 0 saturated carbocycles. The first kappa shape index (κ1) is 18.2. The number of hydrogen-bond acceptors (Lipinski definition) is 6. The summed E-state index contributed by atoms with van der Waals surface area (Å²) in [6, 6.07) is 12.8. The van der Waals surface area contributed by atoms with Crippen LogP contribution >= 0.6 is 11.6 Å². The molecular formula is C20H17ClN4O3. The molecule has 2 aromatic carbocycles. The van der Waals surface area contributed by atoms with Crippen LogP contribution in [-0.2, 0) is 11.3 Å². The number of fused-ring (bicyclic) bond motifs is 2. The van der Waals surface area contributed by atoms with E-state index in [1.807, 2.05) is 31.2 Å². The Kier molecular flexibility index (Phi) is 4.83. The van der Waals surface area contributed by atoms with Gasteiger partial charge in [0, 0.05) is 10.4 Å². The SMILES string of the molecule is CCOC(=O)c1c(COn2nnc3ccc(Cl)cc32)nc2ccccc2c1C. The molecule has 0 saturated heterocycles. The molecular weight excluding hydrogens is 380 g/mol. The van der Waals surface area contributed by atoms with E-state index in [2.05, 4.69) is 15.3 Å². The first-order chi connectivity index (χ1) is 13.6. The highest BCUT2D eigenvalue weighted by Crippen LogP contribution is 2.24. The first-order valence-corrected chi connectivity index (χ1v) is 9.16. The van der Waals surface area contributed by atoms with Crippen LogP contribution in [0.2, 0.25) is 5.02 Å². The zero-order valence-electron chi connectivity index (χ0n) is 15.3. The van der Waals surface area contributed by atoms with Crippen LogP contribution in [0.25, 0.3) is 21.9 Å². The van der Waals surface area contributed by atoms with Crippen LogP contribution < -0.4 is 4.84 Å². The van der Waals surface area contributed by atoms with Gasteiger partial charge in [-0.1, -0.05) is 34.6 Å². The molecule has 142 valence electrons. The van der Waals surface area contributed by atoms with E-state index in [-0.39, 0.29) is 13.2 Å². The van der Waals surface area contributed by atoms with Gasteiger partial charge in [0.25, 0.3) is 0 Å². The zero-order chi connectivity index (χ0) is 19.7. The van der Waals surface area contributed by atoms with Gasteiger partial charge < -0.3 is 9.57 Å². The summed E-state index contributed by atoms with van der Waals surface area (Å²) >= 11 is 6.05. The molecule has 8 heteroatoms. The summed E-state index contributed by atoms with van der Waals surface area (Å²) in [5, 5.41) is 9.48. The average molecular weight is 397 g/mol. The van der Waals surface area contributed by atoms with Gasteiger partial charge in [-0.2, -0.15) is 0 Å². The molecule has 0 unspecified atom stereocenters. The van der Waals surface area contributed by atoms with Gasteiger partial charge in [-0.3, -0.25) is 0 Å². The summed E-state index contributed by atoms with van der Waals surface area (Å²) in [7, 11) is 0. The lowest BCUT2D eigenvalue weighted by molar-refractivity contribution is 0.0503. The number of halogens is 1. The maximum atomic E-state index is 12.6. The van der Waals surface area contributed by atoms with E-state index in [4.69, 9.17) is 21.2 Å². The third-order valence-corrected chi connectivity index (χ3v) is 4.64. The summed E-state index contributed by atoms with van der Waals surface area (Å²) in [5.41, 5.74) is 3.73. The van der Waals surface area contributed by atoms with Crippen molar-refractivity contribution in [3.63, 3.8) is 0 Å². The van der Waals surface area contributed by atoms with Crippen LogP contribution in [0.1, 0.15) is 28.5 Å². The van der Waals surface area contributed by atoms with Crippen molar-refractivity contribution in [2.24, 2.45) is 0 Å². The molecule has 2 aromatic heterocycles. The minimum absolute atomic E-state index is 0.0186. The maximum Gasteiger partial charge on any atom is 0.340 e. The molecule has 0 aliphatic rings. The highest BCUT2D eigenvalue weighted by atomic mass is 35.5. The van der Waals surface area contributed by atoms with Crippen LogP contribution in [0.15, 0.2) is 42.5 Å². The van der Waals surface area contributed by atoms with Crippen LogP contribution in [-0.4, -0.2) is 32.7 Å². The predicted octanol–water partition coefficient (Wildman–Crippen LogP) is 3.75. The Morgan fingerprint density at radius 2 is 2.00 bits per heavy atom. The normalized spacial score (nSPS) is 11.1. The van der Waals surface area contributed by atoms with Gasteiger partial charge in [0.05, 0.1) is 23.4 Å². The molecule has 0 amide bonds. The van der Waals surface area contributed by atoms with Crippen LogP contribution in [0.3, 0.4) is 0 Å². The fourth-order valence-electron chi connectivity index (χ4n) is 3.11. The van der Waals surface area contributed by atoms with E-state index in [1.54, 1.807) is 25.1 Å². The summed E-state index contributed by atoms with van der Waals surface area (Å²) in [5.74, 6) is -0.427. The van der Waals surface area contributed by atoms with Crippen LogP contribution in [0.5, 0.6) is 0 Å². The lowest BCUT2D eigenvalue weighted by Gasteiger charge is -2.14. The Bertz CT molecular complexity index is 1190. The molecule has 0 atom stereocenters. The Labute approximate surface area is 165 Å². The molecule has 4 aromatic rings. The lowest BCUT2D eigenvalue weighted by atomic mass is 10.0. The fraction of sp³-hybridized carbons (Fsp3) is 0.200. The number of carbonyl (C=O) groups excluding carboxylic acids is 1. The first-order valence-electron chi connectivity index (χ1n) is 8.78. The van der Waals surface area contributed by atoms with Gasteiger partial charge in [0.2, 0.25) is 0 Å². The van der Waals surface area contributed by atoms with Crippen molar-refractivity contribution in [1.29, 1.82) is 0 Å². The van der Waals surface area contributed by atoms with Gasteiger partial charge in [0.15, 0.2) is 6.61 Å². The lowest BCUT2D eigenvalue weighted by Crippen LogP contribution is -2.18. The van der Waals surface area contributed by atoms with Gasteiger partial charge in [-0.05, 0) is 48.9 Å². The number of para-hydroxylation sites is 1. The average Bonchev–Trinajstić information content (AvgIpc) is 3.08. The van der Waals surface area contributed by atoms with Crippen molar-refractivity contribution >= 4 is 39.5 Å². The van der Waals surface area contributed by atoms with E-state index in [1.165, 1.54) is 4.85 Å². The van der Waals surface area contributed by atoms with Crippen molar-refractivity contribution < 1.29 is 14.4 Å². The fourth-order valence-corrected chi connectivity index (χ4v) is 3.27. The number of pyridine rings is 1. The second-order valence-electron chi connectivity index (χ2n) is 6.16. The Morgan fingerprint density at radius 3 is 2.82 bits per heavy atom. The van der Waals surface area contributed by atoms with E-state index < -0.39 is 5.97 Å². The van der Waals surface area contributed by atoms with Gasteiger partial charge in [-0.25, -0.2) is 9.78 Å². The third-order valence-electron chi connectivity index (χ3n) is 4.41. The quantitative estimate of drug-likeness (QED) is 0.478. The summed E-state index contributed by atoms with van der Waals surface area (Å²) in [6.07, 6.45) is 0. The largest absolute Gasteiger partial charge is 0.462 e. The number of rotatable bonds is 5. The van der Waals surface area contributed by atoms with Gasteiger partial charge in [0.1, 0.15) is 11.0 Å². The van der Waals surface area contributed by atoms with Crippen molar-refractivity contribution in [3.8, 4) is 0 Å². The zero-order valence-corrected chi connectivity index (χ0v) is 16.1. The molecule has 0 bridgehead atoms. The number of ether oxygens (including phenoxy) is 1. The predicted molar refractivity (Wildman–Crippen MR) is 105 cm³/mol. The Balaban J connectivity index is 1.75. The smallest absolute Gasteiger partial charge is 0.340 e. The number of hydrogen-bond donors (Lipinski definition) is 0. The highest BCUT2D eigenvalue weighted by Gasteiger charge is 2.21. The van der Waals surface area contributed by atoms with Gasteiger partial charge in [-0.15, -0.1) is 5.10 Å². The van der Waals surface area contributed by atoms with E-state index in [0.717, 1.165) is 16.5 Å². The third kappa shape index (κ3) is 3.25. The van der Waals surface area contributed by atoms with Crippen LogP contribution in [0, 0.1) is 6.92 Å². The summed E-state index contributed by atoms with van der Waals surface area (Å²) in [6.45, 7) is 3.94. The number of aromatic nitrogens is 4. The molecule has 4 rings (SSSR count). The number of carbonyl (C=O) groups is 1. The van der Waals surface area contributed by atoms with Crippen molar-refractivity contribution in [2.75, 3.05) is 6.61 Å². The maximum absolute atomic E-state index is 12.6. The molecule has 0 fully saturated rings. The number of esters is 1. The standard InChI is InChI=1S/C20H17ClN4O3/c1-3-27-20(26)19-12(2)14-6-4-5-7-15(14)22-17(19)11-28-25-18-10-13(21)8-9-16(18)23-24-25/h4-10H,3,11H2,1-2H3. The van der Waals surface area contributed by atoms with E-state index in [0.29, 0.717) is 27.3 Å². The highest BCUT2D eigenvalue weighted by molar-refractivity contribution is 6.31. The molecule has 0 aliphatic carbocycles. The van der Waals surface area contributed by atoms with Crippen molar-refractivity contribution in [1.82, 2.24) is 20.1 Å². The molecule has 0 spiro atoms. The molecule has 7 nitrogen and oxygen atoms in total. The van der Waals surface area contributed by atoms with Crippen LogP contribution in [0.4, 0.5) is 0 Å². The Hall–Kier alpha value is -3.19. The minimum atomic E-state index is -0.427. The molecule has 28 heavy (non-hydrogen) atoms.